The molecule has 0 unspecified atom stereocenters. The number of nitrogens with zero attached hydrogens (tertiary/aromatic N) is 3. The van der Waals surface area contributed by atoms with Crippen LogP contribution in [0.1, 0.15) is 10.4 Å². The normalized spacial score (nSPS) is 10.7. The van der Waals surface area contributed by atoms with E-state index in [1.807, 2.05) is 0 Å². The SMILES string of the molecule is O=C(NCCOCCCl)c1cnn2ccncc12. The molecule has 0 saturated heterocycles. The molecular weight excluding hydrogens is 256 g/mol. The van der Waals surface area contributed by atoms with Gasteiger partial charge in [-0.05, 0) is 0 Å². The molecule has 0 fully saturated rings. The number of alkyl halides is 1. The van der Waals surface area contributed by atoms with E-state index < -0.39 is 0 Å². The number of carbonyl (C=O) groups excluding carboxylic acids is 1. The number of fused-ring (bicyclic) bond motifs is 1. The molecule has 0 aliphatic rings. The van der Waals surface area contributed by atoms with E-state index in [4.69, 9.17) is 16.3 Å². The Morgan fingerprint density at radius 2 is 2.33 bits per heavy atom. The highest BCUT2D eigenvalue weighted by Crippen LogP contribution is 2.07. The summed E-state index contributed by atoms with van der Waals surface area (Å²) >= 11 is 5.46. The molecule has 0 aliphatic carbocycles. The van der Waals surface area contributed by atoms with Gasteiger partial charge in [-0.25, -0.2) is 4.52 Å². The molecule has 6 nitrogen and oxygen atoms in total. The minimum atomic E-state index is -0.188. The molecule has 0 aliphatic heterocycles. The quantitative estimate of drug-likeness (QED) is 0.619. The molecule has 2 rings (SSSR count). The molecule has 2 aromatic heterocycles. The van der Waals surface area contributed by atoms with Gasteiger partial charge in [0.1, 0.15) is 0 Å². The zero-order valence-electron chi connectivity index (χ0n) is 9.67. The number of ether oxygens (including phenoxy) is 1. The summed E-state index contributed by atoms with van der Waals surface area (Å²) in [7, 11) is 0. The smallest absolute Gasteiger partial charge is 0.255 e. The van der Waals surface area contributed by atoms with Gasteiger partial charge in [0.2, 0.25) is 0 Å². The summed E-state index contributed by atoms with van der Waals surface area (Å²) in [6.45, 7) is 1.36. The van der Waals surface area contributed by atoms with Crippen molar-refractivity contribution in [3.8, 4) is 0 Å². The third kappa shape index (κ3) is 2.96. The number of rotatable bonds is 6. The second kappa shape index (κ2) is 6.32. The maximum atomic E-state index is 11.9. The molecule has 18 heavy (non-hydrogen) atoms. The van der Waals surface area contributed by atoms with Crippen LogP contribution in [0.15, 0.2) is 24.8 Å². The zero-order chi connectivity index (χ0) is 12.8. The zero-order valence-corrected chi connectivity index (χ0v) is 10.4. The predicted octanol–water partition coefficient (Wildman–Crippen LogP) is 0.714. The van der Waals surface area contributed by atoms with E-state index in [9.17, 15) is 4.79 Å². The Morgan fingerprint density at radius 1 is 1.44 bits per heavy atom. The number of amides is 1. The van der Waals surface area contributed by atoms with Crippen molar-refractivity contribution < 1.29 is 9.53 Å². The first kappa shape index (κ1) is 12.8. The molecule has 0 atom stereocenters. The number of hydrogen-bond donors (Lipinski definition) is 1. The summed E-state index contributed by atoms with van der Waals surface area (Å²) in [5.41, 5.74) is 1.18. The van der Waals surface area contributed by atoms with Crippen LogP contribution in [0.2, 0.25) is 0 Å². The van der Waals surface area contributed by atoms with Crippen molar-refractivity contribution in [2.24, 2.45) is 0 Å². The Bertz CT molecular complexity index is 528. The van der Waals surface area contributed by atoms with Crippen molar-refractivity contribution in [1.82, 2.24) is 19.9 Å². The van der Waals surface area contributed by atoms with Gasteiger partial charge in [-0.15, -0.1) is 11.6 Å². The van der Waals surface area contributed by atoms with Gasteiger partial charge >= 0.3 is 0 Å². The van der Waals surface area contributed by atoms with Crippen molar-refractivity contribution in [1.29, 1.82) is 0 Å². The lowest BCUT2D eigenvalue weighted by Crippen LogP contribution is -2.27. The lowest BCUT2D eigenvalue weighted by molar-refractivity contribution is 0.0925. The average Bonchev–Trinajstić information content (AvgIpc) is 2.82. The Hall–Kier alpha value is -1.66. The molecule has 0 saturated carbocycles. The lowest BCUT2D eigenvalue weighted by Gasteiger charge is -2.04. The number of hydrogen-bond acceptors (Lipinski definition) is 4. The van der Waals surface area contributed by atoms with Crippen LogP contribution in [0.25, 0.3) is 5.52 Å². The van der Waals surface area contributed by atoms with Crippen molar-refractivity contribution in [3.63, 3.8) is 0 Å². The fourth-order valence-electron chi connectivity index (χ4n) is 1.50. The number of carbonyl (C=O) groups is 1. The lowest BCUT2D eigenvalue weighted by atomic mass is 10.3. The first-order valence-corrected chi connectivity index (χ1v) is 6.05. The largest absolute Gasteiger partial charge is 0.378 e. The van der Waals surface area contributed by atoms with E-state index in [0.717, 1.165) is 0 Å². The Morgan fingerprint density at radius 3 is 3.17 bits per heavy atom. The standard InChI is InChI=1S/C11H13ClN4O2/c12-1-5-18-6-3-14-11(17)9-7-15-16-4-2-13-8-10(9)16/h2,4,7-8H,1,3,5-6H2,(H,14,17). The van der Waals surface area contributed by atoms with Gasteiger partial charge in [0, 0.05) is 24.8 Å². The van der Waals surface area contributed by atoms with E-state index >= 15 is 0 Å². The number of aromatic nitrogens is 3. The van der Waals surface area contributed by atoms with Crippen LogP contribution >= 0.6 is 11.6 Å². The monoisotopic (exact) mass is 268 g/mol. The molecule has 1 amide bonds. The first-order chi connectivity index (χ1) is 8.83. The highest BCUT2D eigenvalue weighted by molar-refractivity contribution is 6.17. The third-order valence-electron chi connectivity index (χ3n) is 2.32. The van der Waals surface area contributed by atoms with Gasteiger partial charge in [0.05, 0.1) is 36.7 Å². The second-order valence-electron chi connectivity index (χ2n) is 3.52. The summed E-state index contributed by atoms with van der Waals surface area (Å²) in [6, 6.07) is 0. The number of halogens is 1. The third-order valence-corrected chi connectivity index (χ3v) is 2.48. The molecule has 0 radical (unpaired) electrons. The van der Waals surface area contributed by atoms with Crippen molar-refractivity contribution >= 4 is 23.0 Å². The van der Waals surface area contributed by atoms with E-state index in [1.54, 1.807) is 23.1 Å². The molecule has 0 spiro atoms. The van der Waals surface area contributed by atoms with Crippen LogP contribution in [0.5, 0.6) is 0 Å². The van der Waals surface area contributed by atoms with Crippen LogP contribution < -0.4 is 5.32 Å². The van der Waals surface area contributed by atoms with E-state index in [-0.39, 0.29) is 5.91 Å². The van der Waals surface area contributed by atoms with Gasteiger partial charge in [-0.2, -0.15) is 5.10 Å². The summed E-state index contributed by atoms with van der Waals surface area (Å²) in [5.74, 6) is 0.265. The van der Waals surface area contributed by atoms with Crippen LogP contribution in [-0.2, 0) is 4.74 Å². The topological polar surface area (TPSA) is 68.5 Å². The van der Waals surface area contributed by atoms with Crippen molar-refractivity contribution in [2.45, 2.75) is 0 Å². The number of nitrogens with one attached hydrogen (secondary N) is 1. The molecule has 2 heterocycles. The minimum absolute atomic E-state index is 0.188. The van der Waals surface area contributed by atoms with Crippen LogP contribution in [0.3, 0.4) is 0 Å². The summed E-state index contributed by atoms with van der Waals surface area (Å²) in [6.07, 6.45) is 6.43. The first-order valence-electron chi connectivity index (χ1n) is 5.52. The maximum absolute atomic E-state index is 11.9. The summed E-state index contributed by atoms with van der Waals surface area (Å²) in [4.78, 5) is 15.8. The van der Waals surface area contributed by atoms with Gasteiger partial charge < -0.3 is 10.1 Å². The summed E-state index contributed by atoms with van der Waals surface area (Å²) < 4.78 is 6.76. The highest BCUT2D eigenvalue weighted by Gasteiger charge is 2.11. The molecule has 0 aromatic carbocycles. The molecular formula is C11H13ClN4O2. The Labute approximate surface area is 109 Å². The fourth-order valence-corrected chi connectivity index (χ4v) is 1.61. The second-order valence-corrected chi connectivity index (χ2v) is 3.90. The maximum Gasteiger partial charge on any atom is 0.255 e. The van der Waals surface area contributed by atoms with E-state index in [1.165, 1.54) is 6.20 Å². The fraction of sp³-hybridized carbons (Fsp3) is 0.364. The minimum Gasteiger partial charge on any atom is -0.378 e. The van der Waals surface area contributed by atoms with Gasteiger partial charge in [-0.3, -0.25) is 9.78 Å². The van der Waals surface area contributed by atoms with Crippen LogP contribution in [-0.4, -0.2) is 46.1 Å². The predicted molar refractivity (Wildman–Crippen MR) is 66.9 cm³/mol. The van der Waals surface area contributed by atoms with Gasteiger partial charge in [-0.1, -0.05) is 0 Å². The van der Waals surface area contributed by atoms with Crippen LogP contribution in [0, 0.1) is 0 Å². The Kier molecular flexibility index (Phi) is 4.49. The molecule has 7 heteroatoms. The van der Waals surface area contributed by atoms with Gasteiger partial charge in [0.15, 0.2) is 0 Å². The van der Waals surface area contributed by atoms with Crippen molar-refractivity contribution in [3.05, 3.63) is 30.4 Å². The molecule has 0 bridgehead atoms. The molecule has 96 valence electrons. The highest BCUT2D eigenvalue weighted by atomic mass is 35.5. The van der Waals surface area contributed by atoms with Crippen molar-refractivity contribution in [2.75, 3.05) is 25.6 Å². The molecule has 2 aromatic rings. The molecule has 1 N–H and O–H groups in total. The Balaban J connectivity index is 1.93. The summed E-state index contributed by atoms with van der Waals surface area (Å²) in [5, 5.41) is 6.81. The van der Waals surface area contributed by atoms with Gasteiger partial charge in [0.25, 0.3) is 5.91 Å². The van der Waals surface area contributed by atoms with E-state index in [0.29, 0.717) is 36.7 Å². The van der Waals surface area contributed by atoms with Crippen LogP contribution in [0.4, 0.5) is 0 Å². The van der Waals surface area contributed by atoms with E-state index in [2.05, 4.69) is 15.4 Å². The average molecular weight is 269 g/mol.